The van der Waals surface area contributed by atoms with E-state index in [4.69, 9.17) is 47.3 Å². The molecule has 0 aliphatic carbocycles. The number of methoxy groups -OCH3 is 1. The van der Waals surface area contributed by atoms with Crippen molar-refractivity contribution in [3.05, 3.63) is 82.9 Å². The minimum absolute atomic E-state index is 0. The first-order chi connectivity index (χ1) is 19.7. The molecule has 1 aromatic carbocycles. The Hall–Kier alpha value is -2.65. The Labute approximate surface area is 271 Å². The van der Waals surface area contributed by atoms with Crippen molar-refractivity contribution in [3.63, 3.8) is 0 Å². The first-order valence-electron chi connectivity index (χ1n) is 12.2. The second kappa shape index (κ2) is 20.4. The molecule has 0 fully saturated rings. The number of benzene rings is 1. The number of halogens is 2. The zero-order valence-electron chi connectivity index (χ0n) is 24.8. The van der Waals surface area contributed by atoms with E-state index in [1.807, 2.05) is 55.5 Å². The number of ether oxygens (including phenoxy) is 1. The van der Waals surface area contributed by atoms with Crippen LogP contribution in [0.4, 0.5) is 0 Å². The molecule has 0 bridgehead atoms. The number of hydrogen-bond donors (Lipinski definition) is 1. The fourth-order valence-electron chi connectivity index (χ4n) is 3.52. The van der Waals surface area contributed by atoms with Gasteiger partial charge in [0.15, 0.2) is 0 Å². The Kier molecular flexibility index (Phi) is 20.2. The molecular formula is C27H34Cl2CuN4O10. The molecule has 0 spiro atoms. The summed E-state index contributed by atoms with van der Waals surface area (Å²) in [6.07, 6.45) is 1.80. The topological polar surface area (TPSA) is 267 Å². The zero-order valence-corrected chi connectivity index (χ0v) is 27.2. The van der Waals surface area contributed by atoms with Gasteiger partial charge in [0.1, 0.15) is 11.5 Å². The fourth-order valence-corrected chi connectivity index (χ4v) is 3.52. The molecule has 247 valence electrons. The molecule has 0 saturated carbocycles. The third-order valence-electron chi connectivity index (χ3n) is 5.04. The van der Waals surface area contributed by atoms with Gasteiger partial charge >= 0.3 is 17.1 Å². The first-order valence-corrected chi connectivity index (χ1v) is 14.6. The maximum Gasteiger partial charge on any atom is 2.00 e. The van der Waals surface area contributed by atoms with Crippen LogP contribution in [-0.2, 0) is 42.1 Å². The van der Waals surface area contributed by atoms with E-state index >= 15 is 0 Å². The molecule has 0 saturated heterocycles. The maximum atomic E-state index is 11.1. The molecule has 2 heterocycles. The molecule has 2 aromatic heterocycles. The SMILES string of the molecule is CC#N.COc1cc(CN(Cc2ccccn2)Cc2cccc(C)n2)c(O)c(C(C)(C)C)c1.[Cu+2].[O-][Cl+3]([O-])([O-])[O-].[O-][Cl+3]([O-])([O-])[O-]. The molecular weight excluding hydrogens is 675 g/mol. The minimum Gasteiger partial charge on any atom is -0.507 e. The van der Waals surface area contributed by atoms with E-state index in [2.05, 4.69) is 35.6 Å². The van der Waals surface area contributed by atoms with Crippen molar-refractivity contribution in [1.29, 1.82) is 5.26 Å². The number of aromatic nitrogens is 2. The van der Waals surface area contributed by atoms with Crippen LogP contribution in [0.3, 0.4) is 0 Å². The van der Waals surface area contributed by atoms with Crippen molar-refractivity contribution < 1.29 is 84.7 Å². The third kappa shape index (κ3) is 21.9. The van der Waals surface area contributed by atoms with Crippen molar-refractivity contribution >= 4 is 0 Å². The van der Waals surface area contributed by atoms with Gasteiger partial charge in [0.05, 0.1) is 24.6 Å². The van der Waals surface area contributed by atoms with Gasteiger partial charge in [-0.1, -0.05) is 32.9 Å². The second-order valence-electron chi connectivity index (χ2n) is 9.65. The van der Waals surface area contributed by atoms with Gasteiger partial charge in [-0.05, 0) is 48.7 Å². The van der Waals surface area contributed by atoms with Crippen molar-refractivity contribution in [3.8, 4) is 17.6 Å². The van der Waals surface area contributed by atoms with Crippen LogP contribution in [0.15, 0.2) is 54.7 Å². The van der Waals surface area contributed by atoms with E-state index < -0.39 is 20.5 Å². The predicted octanol–water partition coefficient (Wildman–Crippen LogP) is -3.99. The van der Waals surface area contributed by atoms with Gasteiger partial charge < -0.3 is 9.84 Å². The number of aromatic hydroxyl groups is 1. The maximum absolute atomic E-state index is 11.1. The molecule has 0 aliphatic heterocycles. The Morgan fingerprint density at radius 3 is 1.82 bits per heavy atom. The van der Waals surface area contributed by atoms with E-state index in [1.54, 1.807) is 19.4 Å². The van der Waals surface area contributed by atoms with Gasteiger partial charge in [0, 0.05) is 49.6 Å². The van der Waals surface area contributed by atoms with Gasteiger partial charge in [-0.3, -0.25) is 14.9 Å². The van der Waals surface area contributed by atoms with Crippen LogP contribution in [-0.4, -0.2) is 27.1 Å². The van der Waals surface area contributed by atoms with Crippen LogP contribution >= 0.6 is 0 Å². The smallest absolute Gasteiger partial charge is 0.507 e. The van der Waals surface area contributed by atoms with Crippen molar-refractivity contribution in [2.75, 3.05) is 7.11 Å². The van der Waals surface area contributed by atoms with Crippen LogP contribution in [0, 0.1) is 38.7 Å². The van der Waals surface area contributed by atoms with Crippen LogP contribution in [0.25, 0.3) is 0 Å². The third-order valence-corrected chi connectivity index (χ3v) is 5.04. The van der Waals surface area contributed by atoms with E-state index in [-0.39, 0.29) is 22.5 Å². The molecule has 3 rings (SSSR count). The molecule has 14 nitrogen and oxygen atoms in total. The molecule has 0 amide bonds. The standard InChI is InChI=1S/C25H31N3O2.C2H3N.2ClHO4.Cu/c1-18-9-8-11-21(27-18)17-28(16-20-10-6-7-12-26-20)15-19-13-22(30-5)14-23(24(19)29)25(2,3)4;1-2-3;2*2-1(3,4)5;/h6-14,29H,15-17H2,1-5H3;1H3;2*(H,2,3,4,5);/q;;;;+2/p-2. The molecule has 3 aromatic rings. The first kappa shape index (κ1) is 43.5. The summed E-state index contributed by atoms with van der Waals surface area (Å²) in [5, 5.41) is 18.4. The van der Waals surface area contributed by atoms with Gasteiger partial charge in [0.25, 0.3) is 0 Å². The number of pyridine rings is 2. The summed E-state index contributed by atoms with van der Waals surface area (Å²) in [7, 11) is -8.23. The van der Waals surface area contributed by atoms with Crippen molar-refractivity contribution in [2.24, 2.45) is 0 Å². The summed E-state index contributed by atoms with van der Waals surface area (Å²) in [4.78, 5) is 11.4. The largest absolute Gasteiger partial charge is 2.00 e. The van der Waals surface area contributed by atoms with E-state index in [1.165, 1.54) is 6.92 Å². The summed E-state index contributed by atoms with van der Waals surface area (Å²) in [5.74, 6) is 1.07. The van der Waals surface area contributed by atoms with Crippen molar-refractivity contribution in [2.45, 2.75) is 59.7 Å². The minimum atomic E-state index is -4.94. The van der Waals surface area contributed by atoms with Crippen LogP contribution in [0.2, 0.25) is 0 Å². The summed E-state index contributed by atoms with van der Waals surface area (Å²) in [6.45, 7) is 11.6. The number of nitrogens with zero attached hydrogens (tertiary/aromatic N) is 4. The molecule has 1 radical (unpaired) electrons. The summed E-state index contributed by atoms with van der Waals surface area (Å²) in [5.41, 5.74) is 4.47. The summed E-state index contributed by atoms with van der Waals surface area (Å²) in [6, 6.07) is 17.6. The number of nitriles is 1. The Morgan fingerprint density at radius 2 is 1.39 bits per heavy atom. The monoisotopic (exact) mass is 707 g/mol. The fraction of sp³-hybridized carbons (Fsp3) is 0.370. The van der Waals surface area contributed by atoms with Gasteiger partial charge in [0.2, 0.25) is 0 Å². The normalized spacial score (nSPS) is 10.9. The second-order valence-corrected chi connectivity index (χ2v) is 11.2. The number of aryl methyl sites for hydroxylation is 1. The van der Waals surface area contributed by atoms with Gasteiger partial charge in [-0.25, -0.2) is 37.3 Å². The van der Waals surface area contributed by atoms with Crippen LogP contribution < -0.4 is 42.0 Å². The quantitative estimate of drug-likeness (QED) is 0.229. The number of hydrogen-bond acceptors (Lipinski definition) is 14. The molecule has 0 aliphatic rings. The summed E-state index contributed by atoms with van der Waals surface area (Å²) < 4.78 is 73.5. The van der Waals surface area contributed by atoms with Gasteiger partial charge in [-0.15, -0.1) is 20.5 Å². The average Bonchev–Trinajstić information content (AvgIpc) is 2.83. The zero-order chi connectivity index (χ0) is 33.4. The van der Waals surface area contributed by atoms with E-state index in [9.17, 15) is 5.11 Å². The van der Waals surface area contributed by atoms with E-state index in [0.717, 1.165) is 34.0 Å². The molecule has 1 N–H and O–H groups in total. The number of phenols is 1. The van der Waals surface area contributed by atoms with Crippen LogP contribution in [0.5, 0.6) is 11.5 Å². The molecule has 0 unspecified atom stereocenters. The van der Waals surface area contributed by atoms with E-state index in [0.29, 0.717) is 25.4 Å². The number of rotatable bonds is 7. The van der Waals surface area contributed by atoms with Gasteiger partial charge in [-0.2, -0.15) is 5.26 Å². The summed E-state index contributed by atoms with van der Waals surface area (Å²) >= 11 is 0. The molecule has 44 heavy (non-hydrogen) atoms. The van der Waals surface area contributed by atoms with Crippen LogP contribution in [0.1, 0.15) is 55.9 Å². The predicted molar refractivity (Wildman–Crippen MR) is 131 cm³/mol. The Morgan fingerprint density at radius 1 is 0.886 bits per heavy atom. The average molecular weight is 709 g/mol. The van der Waals surface area contributed by atoms with Crippen molar-refractivity contribution in [1.82, 2.24) is 14.9 Å². The number of phenolic OH excluding ortho intramolecular Hbond substituents is 1. The Bertz CT molecular complexity index is 1260. The molecule has 17 heteroatoms. The Balaban J connectivity index is 0. The molecule has 0 atom stereocenters.